The maximum absolute atomic E-state index is 14.0. The van der Waals surface area contributed by atoms with Crippen molar-refractivity contribution in [2.75, 3.05) is 0 Å². The molecule has 1 saturated carbocycles. The Bertz CT molecular complexity index is 627. The molecule has 0 unspecified atom stereocenters. The summed E-state index contributed by atoms with van der Waals surface area (Å²) >= 11 is 0. The van der Waals surface area contributed by atoms with Crippen LogP contribution >= 0.6 is 0 Å². The van der Waals surface area contributed by atoms with Gasteiger partial charge in [0, 0.05) is 11.8 Å². The fourth-order valence-corrected chi connectivity index (χ4v) is 2.17. The Hall–Kier alpha value is -1.91. The molecule has 1 aromatic heterocycles. The van der Waals surface area contributed by atoms with E-state index in [2.05, 4.69) is 4.98 Å². The van der Waals surface area contributed by atoms with Gasteiger partial charge in [0.15, 0.2) is 0 Å². The van der Waals surface area contributed by atoms with Gasteiger partial charge >= 0.3 is 6.18 Å². The average molecular weight is 281 g/mol. The van der Waals surface area contributed by atoms with Crippen LogP contribution < -0.4 is 0 Å². The second kappa shape index (κ2) is 4.58. The molecule has 2 aromatic rings. The van der Waals surface area contributed by atoms with Crippen LogP contribution in [0.1, 0.15) is 29.9 Å². The number of hydrogen-bond donors (Lipinski definition) is 0. The van der Waals surface area contributed by atoms with Crippen molar-refractivity contribution in [1.82, 2.24) is 4.98 Å². The van der Waals surface area contributed by atoms with Crippen LogP contribution in [0.5, 0.6) is 0 Å². The Morgan fingerprint density at radius 3 is 2.35 bits per heavy atom. The fourth-order valence-electron chi connectivity index (χ4n) is 2.17. The number of nitrogens with zero attached hydrogens (tertiary/aromatic N) is 1. The van der Waals surface area contributed by atoms with E-state index in [-0.39, 0.29) is 11.3 Å². The molecular formula is C15H11F4N. The Labute approximate surface area is 113 Å². The third kappa shape index (κ3) is 2.40. The minimum Gasteiger partial charge on any atom is -0.256 e. The first-order chi connectivity index (χ1) is 9.47. The summed E-state index contributed by atoms with van der Waals surface area (Å²) in [6.07, 6.45) is -0.862. The second-order valence-electron chi connectivity index (χ2n) is 4.92. The van der Waals surface area contributed by atoms with Gasteiger partial charge in [-0.2, -0.15) is 13.2 Å². The molecule has 0 saturated heterocycles. The van der Waals surface area contributed by atoms with Crippen LogP contribution in [0.25, 0.3) is 11.3 Å². The topological polar surface area (TPSA) is 12.9 Å². The van der Waals surface area contributed by atoms with Gasteiger partial charge in [0.05, 0.1) is 11.3 Å². The minimum absolute atomic E-state index is 0.123. The number of rotatable bonds is 2. The van der Waals surface area contributed by atoms with Gasteiger partial charge in [0.2, 0.25) is 0 Å². The molecule has 0 spiro atoms. The first-order valence-electron chi connectivity index (χ1n) is 6.29. The maximum atomic E-state index is 14.0. The third-order valence-electron chi connectivity index (χ3n) is 3.42. The third-order valence-corrected chi connectivity index (χ3v) is 3.42. The van der Waals surface area contributed by atoms with Crippen molar-refractivity contribution in [3.05, 3.63) is 53.5 Å². The normalized spacial score (nSPS) is 15.4. The summed E-state index contributed by atoms with van der Waals surface area (Å²) in [6.45, 7) is 0. The van der Waals surface area contributed by atoms with Gasteiger partial charge in [-0.1, -0.05) is 12.1 Å². The average Bonchev–Trinajstić information content (AvgIpc) is 3.22. The molecule has 0 radical (unpaired) electrons. The first kappa shape index (κ1) is 13.1. The maximum Gasteiger partial charge on any atom is 0.419 e. The zero-order valence-electron chi connectivity index (χ0n) is 10.4. The molecule has 0 atom stereocenters. The molecule has 0 bridgehead atoms. The molecule has 0 amide bonds. The summed E-state index contributed by atoms with van der Waals surface area (Å²) in [5.74, 6) is -0.769. The summed E-state index contributed by atoms with van der Waals surface area (Å²) in [5, 5.41) is 0. The summed E-state index contributed by atoms with van der Waals surface area (Å²) in [7, 11) is 0. The Kier molecular flexibility index (Phi) is 3.00. The molecule has 0 aliphatic heterocycles. The molecule has 1 aliphatic carbocycles. The van der Waals surface area contributed by atoms with Gasteiger partial charge in [0.25, 0.3) is 0 Å². The van der Waals surface area contributed by atoms with Crippen molar-refractivity contribution >= 4 is 0 Å². The molecular weight excluding hydrogens is 270 g/mol. The van der Waals surface area contributed by atoms with Gasteiger partial charge in [-0.15, -0.1) is 0 Å². The van der Waals surface area contributed by atoms with E-state index >= 15 is 0 Å². The van der Waals surface area contributed by atoms with Crippen molar-refractivity contribution < 1.29 is 17.6 Å². The van der Waals surface area contributed by atoms with Crippen molar-refractivity contribution in [2.45, 2.75) is 24.9 Å². The molecule has 5 heteroatoms. The predicted molar refractivity (Wildman–Crippen MR) is 66.6 cm³/mol. The van der Waals surface area contributed by atoms with Gasteiger partial charge in [0.1, 0.15) is 5.82 Å². The van der Waals surface area contributed by atoms with E-state index in [0.717, 1.165) is 24.5 Å². The van der Waals surface area contributed by atoms with Gasteiger partial charge in [-0.05, 0) is 42.5 Å². The minimum atomic E-state index is -4.70. The van der Waals surface area contributed by atoms with Gasteiger partial charge in [-0.3, -0.25) is 4.98 Å². The Morgan fingerprint density at radius 2 is 1.80 bits per heavy atom. The predicted octanol–water partition coefficient (Wildman–Crippen LogP) is 4.78. The largest absolute Gasteiger partial charge is 0.419 e. The summed E-state index contributed by atoms with van der Waals surface area (Å²) in [5.41, 5.74) is -0.107. The van der Waals surface area contributed by atoms with Crippen LogP contribution in [0.3, 0.4) is 0 Å². The summed E-state index contributed by atoms with van der Waals surface area (Å²) < 4.78 is 52.0. The van der Waals surface area contributed by atoms with E-state index in [4.69, 9.17) is 0 Å². The smallest absolute Gasteiger partial charge is 0.256 e. The number of hydrogen-bond acceptors (Lipinski definition) is 1. The van der Waals surface area contributed by atoms with Gasteiger partial charge in [-0.25, -0.2) is 4.39 Å². The van der Waals surface area contributed by atoms with Gasteiger partial charge < -0.3 is 0 Å². The molecule has 104 valence electrons. The van der Waals surface area contributed by atoms with E-state index in [1.807, 2.05) is 0 Å². The van der Waals surface area contributed by atoms with E-state index in [1.165, 1.54) is 12.1 Å². The SMILES string of the molecule is Fc1c(-c2ccc(C3CC3)cn2)cccc1C(F)(F)F. The lowest BCUT2D eigenvalue weighted by Gasteiger charge is -2.11. The van der Waals surface area contributed by atoms with Crippen LogP contribution in [-0.2, 0) is 6.18 Å². The number of alkyl halides is 3. The molecule has 1 heterocycles. The highest BCUT2D eigenvalue weighted by Gasteiger charge is 2.35. The fraction of sp³-hybridized carbons (Fsp3) is 0.267. The van der Waals surface area contributed by atoms with Crippen LogP contribution in [0.4, 0.5) is 17.6 Å². The van der Waals surface area contributed by atoms with Crippen molar-refractivity contribution in [2.24, 2.45) is 0 Å². The number of benzene rings is 1. The zero-order chi connectivity index (χ0) is 14.3. The van der Waals surface area contributed by atoms with Crippen LogP contribution in [-0.4, -0.2) is 4.98 Å². The van der Waals surface area contributed by atoms with Crippen LogP contribution in [0.15, 0.2) is 36.5 Å². The van der Waals surface area contributed by atoms with Crippen molar-refractivity contribution in [3.8, 4) is 11.3 Å². The standard InChI is InChI=1S/C15H11F4N/c16-14-11(2-1-3-12(14)15(17,18)19)13-7-6-10(8-20-13)9-4-5-9/h1-3,6-9H,4-5H2. The Balaban J connectivity index is 2.01. The van der Waals surface area contributed by atoms with E-state index < -0.39 is 17.6 Å². The molecule has 1 aromatic carbocycles. The molecule has 1 nitrogen and oxygen atoms in total. The van der Waals surface area contributed by atoms with Crippen molar-refractivity contribution in [3.63, 3.8) is 0 Å². The molecule has 1 fully saturated rings. The highest BCUT2D eigenvalue weighted by atomic mass is 19.4. The van der Waals surface area contributed by atoms with E-state index in [0.29, 0.717) is 5.92 Å². The lowest BCUT2D eigenvalue weighted by molar-refractivity contribution is -0.139. The number of aromatic nitrogens is 1. The molecule has 0 N–H and O–H groups in total. The first-order valence-corrected chi connectivity index (χ1v) is 6.29. The van der Waals surface area contributed by atoms with E-state index in [9.17, 15) is 17.6 Å². The molecule has 20 heavy (non-hydrogen) atoms. The number of pyridine rings is 1. The Morgan fingerprint density at radius 1 is 1.05 bits per heavy atom. The summed E-state index contributed by atoms with van der Waals surface area (Å²) in [4.78, 5) is 4.09. The van der Waals surface area contributed by atoms with E-state index in [1.54, 1.807) is 18.3 Å². The monoisotopic (exact) mass is 281 g/mol. The van der Waals surface area contributed by atoms with Crippen molar-refractivity contribution in [1.29, 1.82) is 0 Å². The second-order valence-corrected chi connectivity index (χ2v) is 4.92. The lowest BCUT2D eigenvalue weighted by Crippen LogP contribution is -2.09. The molecule has 1 aliphatic rings. The van der Waals surface area contributed by atoms with Crippen LogP contribution in [0.2, 0.25) is 0 Å². The summed E-state index contributed by atoms with van der Waals surface area (Å²) in [6, 6.07) is 6.62. The zero-order valence-corrected chi connectivity index (χ0v) is 10.4. The highest BCUT2D eigenvalue weighted by Crippen LogP contribution is 2.40. The van der Waals surface area contributed by atoms with Crippen LogP contribution in [0, 0.1) is 5.82 Å². The quantitative estimate of drug-likeness (QED) is 0.722. The molecule has 3 rings (SSSR count). The number of halogens is 4. The highest BCUT2D eigenvalue weighted by molar-refractivity contribution is 5.61. The lowest BCUT2D eigenvalue weighted by atomic mass is 10.0.